The van der Waals surface area contributed by atoms with Gasteiger partial charge in [-0.15, -0.1) is 0 Å². The molecule has 4 heterocycles. The zero-order valence-corrected chi connectivity index (χ0v) is 21.8. The maximum Gasteiger partial charge on any atom is 0.264 e. The maximum absolute atomic E-state index is 13.8. The summed E-state index contributed by atoms with van der Waals surface area (Å²) in [4.78, 5) is 35.9. The molecule has 0 saturated carbocycles. The predicted molar refractivity (Wildman–Crippen MR) is 145 cm³/mol. The molecular formula is C29H27N5O4. The van der Waals surface area contributed by atoms with Gasteiger partial charge in [-0.3, -0.25) is 19.6 Å². The molecular weight excluding hydrogens is 482 g/mol. The number of hydrogen-bond acceptors (Lipinski definition) is 7. The van der Waals surface area contributed by atoms with Crippen molar-refractivity contribution < 1.29 is 14.1 Å². The highest BCUT2D eigenvalue weighted by Gasteiger charge is 2.21. The first kappa shape index (κ1) is 24.9. The normalized spacial score (nSPS) is 11.1. The highest BCUT2D eigenvalue weighted by atomic mass is 16.5. The first-order valence-corrected chi connectivity index (χ1v) is 12.1. The van der Waals surface area contributed by atoms with Crippen LogP contribution in [0.15, 0.2) is 64.0 Å². The minimum Gasteiger partial charge on any atom is -0.496 e. The van der Waals surface area contributed by atoms with Crippen LogP contribution >= 0.6 is 0 Å². The Hall–Kier alpha value is -4.79. The molecule has 0 aliphatic heterocycles. The summed E-state index contributed by atoms with van der Waals surface area (Å²) in [7, 11) is 1.57. The van der Waals surface area contributed by atoms with Gasteiger partial charge in [0.25, 0.3) is 11.5 Å². The van der Waals surface area contributed by atoms with Crippen molar-refractivity contribution in [1.82, 2.24) is 19.7 Å². The molecule has 38 heavy (non-hydrogen) atoms. The van der Waals surface area contributed by atoms with Crippen LogP contribution in [0, 0.1) is 27.7 Å². The second-order valence-corrected chi connectivity index (χ2v) is 9.17. The Kier molecular flexibility index (Phi) is 6.50. The summed E-state index contributed by atoms with van der Waals surface area (Å²) in [6.45, 7) is 7.57. The van der Waals surface area contributed by atoms with Gasteiger partial charge < -0.3 is 19.1 Å². The van der Waals surface area contributed by atoms with Crippen LogP contribution in [-0.4, -0.2) is 32.7 Å². The molecule has 0 atom stereocenters. The zero-order chi connectivity index (χ0) is 27.0. The van der Waals surface area contributed by atoms with E-state index in [0.29, 0.717) is 39.5 Å². The minimum absolute atomic E-state index is 0.00966. The Bertz CT molecular complexity index is 1700. The molecule has 0 aliphatic carbocycles. The van der Waals surface area contributed by atoms with E-state index in [9.17, 15) is 9.59 Å². The van der Waals surface area contributed by atoms with Crippen molar-refractivity contribution >= 4 is 22.5 Å². The van der Waals surface area contributed by atoms with Crippen molar-refractivity contribution in [3.8, 4) is 16.9 Å². The van der Waals surface area contributed by atoms with Crippen LogP contribution in [0.1, 0.15) is 38.9 Å². The molecule has 1 N–H and O–H groups in total. The van der Waals surface area contributed by atoms with Crippen molar-refractivity contribution in [2.24, 2.45) is 0 Å². The number of carbonyl (C=O) groups excluding carboxylic acids is 1. The quantitative estimate of drug-likeness (QED) is 0.343. The average Bonchev–Trinajstić information content (AvgIpc) is 3.22. The molecule has 0 radical (unpaired) electrons. The maximum atomic E-state index is 13.8. The fourth-order valence-corrected chi connectivity index (χ4v) is 4.72. The molecule has 0 spiro atoms. The topological polar surface area (TPSA) is 112 Å². The summed E-state index contributed by atoms with van der Waals surface area (Å²) in [6, 6.07) is 14.3. The molecule has 0 unspecified atom stereocenters. The van der Waals surface area contributed by atoms with E-state index >= 15 is 0 Å². The lowest BCUT2D eigenvalue weighted by atomic mass is 9.99. The van der Waals surface area contributed by atoms with Gasteiger partial charge in [-0.2, -0.15) is 0 Å². The number of nitrogens with zero attached hydrogens (tertiary/aromatic N) is 4. The van der Waals surface area contributed by atoms with Crippen LogP contribution < -0.4 is 15.6 Å². The van der Waals surface area contributed by atoms with Crippen molar-refractivity contribution in [3.63, 3.8) is 0 Å². The van der Waals surface area contributed by atoms with Crippen molar-refractivity contribution in [2.75, 3.05) is 12.4 Å². The number of hydrogen-bond donors (Lipinski definition) is 1. The summed E-state index contributed by atoms with van der Waals surface area (Å²) in [5.41, 5.74) is 5.25. The van der Waals surface area contributed by atoms with Gasteiger partial charge in [0, 0.05) is 40.3 Å². The third-order valence-electron chi connectivity index (χ3n) is 6.35. The smallest absolute Gasteiger partial charge is 0.264 e. The van der Waals surface area contributed by atoms with Crippen LogP contribution in [0.2, 0.25) is 0 Å². The van der Waals surface area contributed by atoms with E-state index in [0.717, 1.165) is 22.5 Å². The lowest BCUT2D eigenvalue weighted by Crippen LogP contribution is -2.30. The number of pyridine rings is 3. The number of nitrogens with one attached hydrogen (secondary N) is 1. The second-order valence-electron chi connectivity index (χ2n) is 9.17. The van der Waals surface area contributed by atoms with Crippen molar-refractivity contribution in [1.29, 1.82) is 0 Å². The number of aromatic nitrogens is 4. The molecule has 0 bridgehead atoms. The molecule has 1 aromatic carbocycles. The fraction of sp³-hybridized carbons (Fsp3) is 0.207. The number of anilines is 1. The molecule has 4 aromatic heterocycles. The molecule has 0 fully saturated rings. The van der Waals surface area contributed by atoms with Gasteiger partial charge in [-0.1, -0.05) is 11.2 Å². The highest BCUT2D eigenvalue weighted by Crippen LogP contribution is 2.37. The summed E-state index contributed by atoms with van der Waals surface area (Å²) >= 11 is 0. The fourth-order valence-electron chi connectivity index (χ4n) is 4.72. The van der Waals surface area contributed by atoms with E-state index in [1.165, 1.54) is 0 Å². The van der Waals surface area contributed by atoms with E-state index in [1.807, 2.05) is 52.0 Å². The number of fused-ring (bicyclic) bond motifs is 1. The highest BCUT2D eigenvalue weighted by molar-refractivity contribution is 6.06. The van der Waals surface area contributed by atoms with Crippen molar-refractivity contribution in [2.45, 2.75) is 34.2 Å². The van der Waals surface area contributed by atoms with Crippen LogP contribution in [0.3, 0.4) is 0 Å². The zero-order valence-electron chi connectivity index (χ0n) is 21.8. The minimum atomic E-state index is -0.508. The third kappa shape index (κ3) is 4.66. The molecule has 5 rings (SSSR count). The molecule has 5 aromatic rings. The van der Waals surface area contributed by atoms with Crippen LogP contribution in [0.5, 0.6) is 5.75 Å². The molecule has 9 heteroatoms. The largest absolute Gasteiger partial charge is 0.496 e. The SMILES string of the molecule is COc1cc2c(cc1-c1c(C)noc1C)cc(C(=O)Nc1cc(C)nc(C)c1)c(=O)n2Cc1ccccn1. The van der Waals surface area contributed by atoms with Gasteiger partial charge in [0.05, 0.1) is 36.1 Å². The molecule has 192 valence electrons. The van der Waals surface area contributed by atoms with Gasteiger partial charge in [0.15, 0.2) is 0 Å². The first-order chi connectivity index (χ1) is 18.2. The monoisotopic (exact) mass is 509 g/mol. The number of methoxy groups -OCH3 is 1. The number of aryl methyl sites for hydroxylation is 4. The molecule has 0 aliphatic rings. The Labute approximate surface area is 219 Å². The average molecular weight is 510 g/mol. The van der Waals surface area contributed by atoms with Gasteiger partial charge in [-0.25, -0.2) is 0 Å². The second kappa shape index (κ2) is 9.93. The van der Waals surface area contributed by atoms with Crippen LogP contribution in [-0.2, 0) is 6.54 Å². The summed E-state index contributed by atoms with van der Waals surface area (Å²) in [5, 5.41) is 7.62. The lowest BCUT2D eigenvalue weighted by molar-refractivity contribution is 0.102. The van der Waals surface area contributed by atoms with E-state index < -0.39 is 11.5 Å². The third-order valence-corrected chi connectivity index (χ3v) is 6.35. The Morgan fingerprint density at radius 2 is 1.82 bits per heavy atom. The lowest BCUT2D eigenvalue weighted by Gasteiger charge is -2.16. The van der Waals surface area contributed by atoms with Gasteiger partial charge in [0.2, 0.25) is 0 Å². The summed E-state index contributed by atoms with van der Waals surface area (Å²) in [5.74, 6) is 0.690. The number of amides is 1. The predicted octanol–water partition coefficient (Wildman–Crippen LogP) is 4.99. The van der Waals surface area contributed by atoms with E-state index in [2.05, 4.69) is 20.4 Å². The van der Waals surface area contributed by atoms with Crippen LogP contribution in [0.25, 0.3) is 22.0 Å². The number of rotatable bonds is 6. The Balaban J connectivity index is 1.72. The number of benzene rings is 1. The van der Waals surface area contributed by atoms with Crippen molar-refractivity contribution in [3.05, 3.63) is 99.2 Å². The van der Waals surface area contributed by atoms with Crippen LogP contribution in [0.4, 0.5) is 5.69 Å². The Morgan fingerprint density at radius 1 is 1.05 bits per heavy atom. The van der Waals surface area contributed by atoms with E-state index in [-0.39, 0.29) is 12.1 Å². The first-order valence-electron chi connectivity index (χ1n) is 12.1. The standard InChI is InChI=1S/C29H27N5O4/c1-16-10-22(11-17(2)31-16)32-28(35)24-13-20-12-23(27-18(3)33-38-19(27)4)26(37-5)14-25(20)34(29(24)36)15-21-8-6-7-9-30-21/h6-14H,15H2,1-5H3,(H,31,32,35). The number of ether oxygens (including phenoxy) is 1. The van der Waals surface area contributed by atoms with Gasteiger partial charge in [0.1, 0.15) is 17.1 Å². The number of carbonyl (C=O) groups is 1. The van der Waals surface area contributed by atoms with Gasteiger partial charge >= 0.3 is 0 Å². The Morgan fingerprint density at radius 3 is 2.45 bits per heavy atom. The molecule has 0 saturated heterocycles. The van der Waals surface area contributed by atoms with E-state index in [1.54, 1.807) is 42.1 Å². The summed E-state index contributed by atoms with van der Waals surface area (Å²) < 4.78 is 12.7. The van der Waals surface area contributed by atoms with Gasteiger partial charge in [-0.05, 0) is 64.1 Å². The summed E-state index contributed by atoms with van der Waals surface area (Å²) in [6.07, 6.45) is 1.67. The molecule has 1 amide bonds. The molecule has 9 nitrogen and oxygen atoms in total. The van der Waals surface area contributed by atoms with E-state index in [4.69, 9.17) is 9.26 Å².